The van der Waals surface area contributed by atoms with Gasteiger partial charge in [-0.3, -0.25) is 0 Å². The van der Waals surface area contributed by atoms with E-state index in [1.807, 2.05) is 0 Å². The highest BCUT2D eigenvalue weighted by Gasteiger charge is 2.30. The number of aliphatic hydroxyl groups excluding tert-OH is 1. The lowest BCUT2D eigenvalue weighted by Crippen LogP contribution is -2.04. The second-order valence-electron chi connectivity index (χ2n) is 3.65. The van der Waals surface area contributed by atoms with Crippen molar-refractivity contribution in [1.82, 2.24) is 4.57 Å². The van der Waals surface area contributed by atoms with Gasteiger partial charge in [-0.15, -0.1) is 0 Å². The van der Waals surface area contributed by atoms with Crippen LogP contribution in [0.1, 0.15) is 11.1 Å². The van der Waals surface area contributed by atoms with Gasteiger partial charge in [-0.1, -0.05) is 6.07 Å². The van der Waals surface area contributed by atoms with Gasteiger partial charge in [-0.2, -0.15) is 13.2 Å². The zero-order chi connectivity index (χ0) is 11.9. The summed E-state index contributed by atoms with van der Waals surface area (Å²) in [7, 11) is 1.65. The van der Waals surface area contributed by atoms with Gasteiger partial charge in [0.1, 0.15) is 0 Å². The molecule has 2 rings (SSSR count). The van der Waals surface area contributed by atoms with Crippen molar-refractivity contribution in [2.45, 2.75) is 12.8 Å². The number of aryl methyl sites for hydroxylation is 1. The molecule has 0 fully saturated rings. The minimum atomic E-state index is -4.34. The number of hydrogen-bond acceptors (Lipinski definition) is 1. The third-order valence-electron chi connectivity index (χ3n) is 2.57. The number of alkyl halides is 3. The molecule has 0 aliphatic carbocycles. The van der Waals surface area contributed by atoms with Crippen molar-refractivity contribution in [3.05, 3.63) is 35.5 Å². The number of aromatic nitrogens is 1. The first-order valence-electron chi connectivity index (χ1n) is 4.69. The van der Waals surface area contributed by atoms with E-state index in [2.05, 4.69) is 0 Å². The molecule has 0 radical (unpaired) electrons. The summed E-state index contributed by atoms with van der Waals surface area (Å²) in [5, 5.41) is 9.69. The second-order valence-corrected chi connectivity index (χ2v) is 3.65. The molecule has 0 amide bonds. The van der Waals surface area contributed by atoms with Crippen LogP contribution in [0.3, 0.4) is 0 Å². The zero-order valence-corrected chi connectivity index (χ0v) is 8.54. The van der Waals surface area contributed by atoms with E-state index in [4.69, 9.17) is 5.11 Å². The number of fused-ring (bicyclic) bond motifs is 1. The molecule has 1 aromatic heterocycles. The Kier molecular flexibility index (Phi) is 2.42. The highest BCUT2D eigenvalue weighted by Crippen LogP contribution is 2.32. The molecule has 0 spiro atoms. The Balaban J connectivity index is 2.67. The van der Waals surface area contributed by atoms with Gasteiger partial charge < -0.3 is 9.67 Å². The minimum Gasteiger partial charge on any atom is -0.392 e. The largest absolute Gasteiger partial charge is 0.416 e. The molecule has 0 unspecified atom stereocenters. The van der Waals surface area contributed by atoms with Crippen LogP contribution in [-0.2, 0) is 19.8 Å². The Hall–Kier alpha value is -1.49. The fraction of sp³-hybridized carbons (Fsp3) is 0.273. The van der Waals surface area contributed by atoms with Gasteiger partial charge in [0.15, 0.2) is 0 Å². The molecule has 5 heteroatoms. The summed E-state index contributed by atoms with van der Waals surface area (Å²) in [6.45, 7) is -0.178. The molecule has 16 heavy (non-hydrogen) atoms. The highest BCUT2D eigenvalue weighted by atomic mass is 19.4. The number of rotatable bonds is 1. The molecule has 1 aromatic carbocycles. The monoisotopic (exact) mass is 229 g/mol. The summed E-state index contributed by atoms with van der Waals surface area (Å²) in [4.78, 5) is 0. The lowest BCUT2D eigenvalue weighted by Gasteiger charge is -2.07. The molecular formula is C11H10F3NO. The van der Waals surface area contributed by atoms with Crippen LogP contribution in [0.15, 0.2) is 24.4 Å². The van der Waals surface area contributed by atoms with Gasteiger partial charge in [-0.05, 0) is 12.1 Å². The van der Waals surface area contributed by atoms with E-state index in [0.717, 1.165) is 12.1 Å². The molecule has 2 aromatic rings. The Morgan fingerprint density at radius 3 is 2.56 bits per heavy atom. The lowest BCUT2D eigenvalue weighted by molar-refractivity contribution is -0.137. The molecule has 0 aliphatic rings. The van der Waals surface area contributed by atoms with E-state index in [9.17, 15) is 13.2 Å². The number of hydrogen-bond donors (Lipinski definition) is 1. The number of halogens is 3. The van der Waals surface area contributed by atoms with Gasteiger partial charge >= 0.3 is 6.18 Å². The quantitative estimate of drug-likeness (QED) is 0.799. The minimum absolute atomic E-state index is 0.178. The van der Waals surface area contributed by atoms with Crippen LogP contribution in [-0.4, -0.2) is 9.67 Å². The topological polar surface area (TPSA) is 25.2 Å². The normalized spacial score (nSPS) is 12.3. The fourth-order valence-corrected chi connectivity index (χ4v) is 1.77. The van der Waals surface area contributed by atoms with Crippen molar-refractivity contribution in [3.8, 4) is 0 Å². The van der Waals surface area contributed by atoms with Crippen molar-refractivity contribution in [1.29, 1.82) is 0 Å². The maximum absolute atomic E-state index is 12.5. The molecule has 0 saturated carbocycles. The molecule has 0 saturated heterocycles. The summed E-state index contributed by atoms with van der Waals surface area (Å²) in [6, 6.07) is 3.51. The molecule has 1 heterocycles. The third kappa shape index (κ3) is 1.67. The van der Waals surface area contributed by atoms with Crippen molar-refractivity contribution in [2.24, 2.45) is 7.05 Å². The van der Waals surface area contributed by atoms with Gasteiger partial charge in [0.25, 0.3) is 0 Å². The maximum atomic E-state index is 12.5. The molecule has 0 atom stereocenters. The van der Waals surface area contributed by atoms with Gasteiger partial charge in [0.05, 0.1) is 12.2 Å². The molecule has 86 valence electrons. The van der Waals surface area contributed by atoms with Crippen molar-refractivity contribution in [3.63, 3.8) is 0 Å². The van der Waals surface area contributed by atoms with Crippen LogP contribution in [0.2, 0.25) is 0 Å². The van der Waals surface area contributed by atoms with E-state index >= 15 is 0 Å². The Morgan fingerprint density at radius 2 is 2.00 bits per heavy atom. The number of aliphatic hydroxyl groups is 1. The molecule has 1 N–H and O–H groups in total. The highest BCUT2D eigenvalue weighted by molar-refractivity contribution is 5.84. The van der Waals surface area contributed by atoms with Gasteiger partial charge in [0.2, 0.25) is 0 Å². The first kappa shape index (κ1) is 11.0. The summed E-state index contributed by atoms with van der Waals surface area (Å²) < 4.78 is 39.0. The zero-order valence-electron chi connectivity index (χ0n) is 8.54. The van der Waals surface area contributed by atoms with Crippen LogP contribution >= 0.6 is 0 Å². The number of nitrogens with zero attached hydrogens (tertiary/aromatic N) is 1. The SMILES string of the molecule is Cn1cc(CO)c2ccc(C(F)(F)F)cc21. The predicted octanol–water partition coefficient (Wildman–Crippen LogP) is 2.69. The van der Waals surface area contributed by atoms with Crippen molar-refractivity contribution < 1.29 is 18.3 Å². The predicted molar refractivity (Wildman–Crippen MR) is 53.8 cm³/mol. The van der Waals surface area contributed by atoms with Crippen molar-refractivity contribution >= 4 is 10.9 Å². The average molecular weight is 229 g/mol. The van der Waals surface area contributed by atoms with E-state index in [0.29, 0.717) is 16.5 Å². The smallest absolute Gasteiger partial charge is 0.392 e. The van der Waals surface area contributed by atoms with Crippen molar-refractivity contribution in [2.75, 3.05) is 0 Å². The molecule has 0 aliphatic heterocycles. The van der Waals surface area contributed by atoms with Gasteiger partial charge in [0, 0.05) is 29.7 Å². The fourth-order valence-electron chi connectivity index (χ4n) is 1.77. The molecule has 0 bridgehead atoms. The van der Waals surface area contributed by atoms with Crippen LogP contribution in [0.5, 0.6) is 0 Å². The first-order valence-corrected chi connectivity index (χ1v) is 4.69. The summed E-state index contributed by atoms with van der Waals surface area (Å²) in [5.41, 5.74) is 0.427. The van der Waals surface area contributed by atoms with Crippen LogP contribution in [0.4, 0.5) is 13.2 Å². The van der Waals surface area contributed by atoms with E-state index in [1.165, 1.54) is 6.07 Å². The van der Waals surface area contributed by atoms with Crippen LogP contribution in [0, 0.1) is 0 Å². The Morgan fingerprint density at radius 1 is 1.31 bits per heavy atom. The average Bonchev–Trinajstić information content (AvgIpc) is 2.54. The second kappa shape index (κ2) is 3.52. The standard InChI is InChI=1S/C11H10F3NO/c1-15-5-7(6-16)9-3-2-8(4-10(9)15)11(12,13)14/h2-5,16H,6H2,1H3. The van der Waals surface area contributed by atoms with Crippen LogP contribution < -0.4 is 0 Å². The Labute approximate surface area is 89.9 Å². The van der Waals surface area contributed by atoms with Gasteiger partial charge in [-0.25, -0.2) is 0 Å². The third-order valence-corrected chi connectivity index (χ3v) is 2.57. The van der Waals surface area contributed by atoms with Crippen LogP contribution in [0.25, 0.3) is 10.9 Å². The molecular weight excluding hydrogens is 219 g/mol. The number of benzene rings is 1. The first-order chi connectivity index (χ1) is 7.43. The molecule has 2 nitrogen and oxygen atoms in total. The lowest BCUT2D eigenvalue weighted by atomic mass is 10.1. The van der Waals surface area contributed by atoms with E-state index in [-0.39, 0.29) is 6.61 Å². The van der Waals surface area contributed by atoms with E-state index in [1.54, 1.807) is 17.8 Å². The summed E-state index contributed by atoms with van der Waals surface area (Å²) in [5.74, 6) is 0. The Bertz CT molecular complexity index is 528. The van der Waals surface area contributed by atoms with E-state index < -0.39 is 11.7 Å². The summed E-state index contributed by atoms with van der Waals surface area (Å²) in [6.07, 6.45) is -2.71. The maximum Gasteiger partial charge on any atom is 0.416 e. The summed E-state index contributed by atoms with van der Waals surface area (Å²) >= 11 is 0.